The van der Waals surface area contributed by atoms with Crippen molar-refractivity contribution in [3.05, 3.63) is 23.8 Å². The van der Waals surface area contributed by atoms with Crippen LogP contribution in [0.4, 0.5) is 10.5 Å². The predicted molar refractivity (Wildman–Crippen MR) is 76.2 cm³/mol. The standard InChI is InChI=1S/C14H20N2O4/c1-14(2,3)20-13(19)16-12-9(11(18)8-15-4)6-5-7-10(12)17/h5-7,15,17H,8H2,1-4H3,(H,16,19). The van der Waals surface area contributed by atoms with Crippen molar-refractivity contribution in [2.75, 3.05) is 18.9 Å². The second-order valence-electron chi connectivity index (χ2n) is 5.28. The lowest BCUT2D eigenvalue weighted by molar-refractivity contribution is 0.0635. The molecular weight excluding hydrogens is 260 g/mol. The molecule has 1 aromatic carbocycles. The van der Waals surface area contributed by atoms with Crippen LogP contribution in [0.1, 0.15) is 31.1 Å². The Morgan fingerprint density at radius 1 is 1.30 bits per heavy atom. The van der Waals surface area contributed by atoms with Gasteiger partial charge in [-0.1, -0.05) is 6.07 Å². The lowest BCUT2D eigenvalue weighted by atomic mass is 10.1. The molecule has 0 atom stereocenters. The van der Waals surface area contributed by atoms with Gasteiger partial charge in [0.25, 0.3) is 0 Å². The van der Waals surface area contributed by atoms with Gasteiger partial charge in [-0.3, -0.25) is 10.1 Å². The van der Waals surface area contributed by atoms with E-state index >= 15 is 0 Å². The van der Waals surface area contributed by atoms with Crippen molar-refractivity contribution >= 4 is 17.6 Å². The zero-order chi connectivity index (χ0) is 15.3. The Hall–Kier alpha value is -2.08. The Balaban J connectivity index is 2.99. The molecule has 0 aliphatic carbocycles. The van der Waals surface area contributed by atoms with Crippen LogP contribution in [-0.2, 0) is 4.74 Å². The summed E-state index contributed by atoms with van der Waals surface area (Å²) in [5.74, 6) is -0.424. The van der Waals surface area contributed by atoms with Gasteiger partial charge in [0.1, 0.15) is 11.4 Å². The number of phenolic OH excluding ortho intramolecular Hbond substituents is 1. The van der Waals surface area contributed by atoms with Crippen LogP contribution >= 0.6 is 0 Å². The smallest absolute Gasteiger partial charge is 0.412 e. The van der Waals surface area contributed by atoms with Crippen molar-refractivity contribution < 1.29 is 19.4 Å². The molecule has 0 aliphatic rings. The zero-order valence-corrected chi connectivity index (χ0v) is 12.1. The van der Waals surface area contributed by atoms with Gasteiger partial charge in [0.2, 0.25) is 0 Å². The normalized spacial score (nSPS) is 11.0. The van der Waals surface area contributed by atoms with E-state index in [1.165, 1.54) is 12.1 Å². The molecular formula is C14H20N2O4. The predicted octanol–water partition coefficient (Wildman–Crippen LogP) is 2.14. The molecule has 110 valence electrons. The molecule has 1 aromatic rings. The van der Waals surface area contributed by atoms with Crippen LogP contribution in [0.5, 0.6) is 5.75 Å². The number of carbonyl (C=O) groups is 2. The number of aromatic hydroxyl groups is 1. The third-order valence-corrected chi connectivity index (χ3v) is 2.31. The second-order valence-corrected chi connectivity index (χ2v) is 5.28. The van der Waals surface area contributed by atoms with Crippen LogP contribution < -0.4 is 10.6 Å². The highest BCUT2D eigenvalue weighted by molar-refractivity contribution is 6.06. The Kier molecular flexibility index (Phi) is 5.10. The molecule has 0 aliphatic heterocycles. The molecule has 0 aromatic heterocycles. The third-order valence-electron chi connectivity index (χ3n) is 2.31. The first-order chi connectivity index (χ1) is 9.24. The van der Waals surface area contributed by atoms with Crippen molar-refractivity contribution in [2.24, 2.45) is 0 Å². The maximum Gasteiger partial charge on any atom is 0.412 e. The number of rotatable bonds is 4. The molecule has 0 radical (unpaired) electrons. The monoisotopic (exact) mass is 280 g/mol. The van der Waals surface area contributed by atoms with Gasteiger partial charge in [0.05, 0.1) is 12.2 Å². The average molecular weight is 280 g/mol. The molecule has 0 spiro atoms. The summed E-state index contributed by atoms with van der Waals surface area (Å²) in [4.78, 5) is 23.7. The first-order valence-electron chi connectivity index (χ1n) is 6.24. The number of Topliss-reactive ketones (excluding diaryl/α,β-unsaturated/α-hetero) is 1. The van der Waals surface area contributed by atoms with E-state index in [1.807, 2.05) is 0 Å². The van der Waals surface area contributed by atoms with E-state index in [4.69, 9.17) is 4.74 Å². The van der Waals surface area contributed by atoms with Crippen LogP contribution in [0.25, 0.3) is 0 Å². The molecule has 20 heavy (non-hydrogen) atoms. The van der Waals surface area contributed by atoms with E-state index in [0.29, 0.717) is 0 Å². The van der Waals surface area contributed by atoms with Crippen LogP contribution in [0.3, 0.4) is 0 Å². The molecule has 6 nitrogen and oxygen atoms in total. The molecule has 0 unspecified atom stereocenters. The maximum absolute atomic E-state index is 11.9. The fraction of sp³-hybridized carbons (Fsp3) is 0.429. The number of nitrogens with one attached hydrogen (secondary N) is 2. The van der Waals surface area contributed by atoms with E-state index in [1.54, 1.807) is 33.9 Å². The fourth-order valence-corrected chi connectivity index (χ4v) is 1.57. The van der Waals surface area contributed by atoms with Gasteiger partial charge in [-0.2, -0.15) is 0 Å². The zero-order valence-electron chi connectivity index (χ0n) is 12.1. The average Bonchev–Trinajstić information content (AvgIpc) is 2.29. The molecule has 6 heteroatoms. The molecule has 1 rings (SSSR count). The van der Waals surface area contributed by atoms with Gasteiger partial charge >= 0.3 is 6.09 Å². The SMILES string of the molecule is CNCC(=O)c1cccc(O)c1NC(=O)OC(C)(C)C. The highest BCUT2D eigenvalue weighted by atomic mass is 16.6. The summed E-state index contributed by atoms with van der Waals surface area (Å²) in [5.41, 5.74) is -0.379. The largest absolute Gasteiger partial charge is 0.506 e. The minimum absolute atomic E-state index is 0.0574. The number of amides is 1. The van der Waals surface area contributed by atoms with Crippen molar-refractivity contribution in [3.63, 3.8) is 0 Å². The van der Waals surface area contributed by atoms with Crippen LogP contribution in [0.2, 0.25) is 0 Å². The molecule has 0 bridgehead atoms. The highest BCUT2D eigenvalue weighted by Crippen LogP contribution is 2.28. The van der Waals surface area contributed by atoms with Gasteiger partial charge < -0.3 is 15.2 Å². The van der Waals surface area contributed by atoms with Gasteiger partial charge in [0, 0.05) is 5.56 Å². The second kappa shape index (κ2) is 6.38. The number of hydrogen-bond donors (Lipinski definition) is 3. The summed E-state index contributed by atoms with van der Waals surface area (Å²) in [6.45, 7) is 5.28. The highest BCUT2D eigenvalue weighted by Gasteiger charge is 2.20. The molecule has 0 saturated carbocycles. The quantitative estimate of drug-likeness (QED) is 0.581. The van der Waals surface area contributed by atoms with Gasteiger partial charge in [-0.25, -0.2) is 4.79 Å². The minimum Gasteiger partial charge on any atom is -0.506 e. The molecule has 0 fully saturated rings. The number of likely N-dealkylation sites (N-methyl/N-ethyl adjacent to an activating group) is 1. The molecule has 0 heterocycles. The maximum atomic E-state index is 11.9. The number of benzene rings is 1. The first kappa shape index (κ1) is 16.0. The van der Waals surface area contributed by atoms with Crippen molar-refractivity contribution in [1.29, 1.82) is 0 Å². The van der Waals surface area contributed by atoms with E-state index in [2.05, 4.69) is 10.6 Å². The Morgan fingerprint density at radius 3 is 2.50 bits per heavy atom. The summed E-state index contributed by atoms with van der Waals surface area (Å²) >= 11 is 0. The van der Waals surface area contributed by atoms with Gasteiger partial charge in [-0.05, 0) is 40.0 Å². The number of anilines is 1. The van der Waals surface area contributed by atoms with Crippen LogP contribution in [-0.4, -0.2) is 36.2 Å². The van der Waals surface area contributed by atoms with E-state index in [-0.39, 0.29) is 29.3 Å². The molecule has 1 amide bonds. The van der Waals surface area contributed by atoms with Crippen molar-refractivity contribution in [1.82, 2.24) is 5.32 Å². The summed E-state index contributed by atoms with van der Waals surface area (Å²) in [7, 11) is 1.64. The van der Waals surface area contributed by atoms with E-state index in [9.17, 15) is 14.7 Å². The molecule has 0 saturated heterocycles. The van der Waals surface area contributed by atoms with Crippen molar-refractivity contribution in [2.45, 2.75) is 26.4 Å². The summed E-state index contributed by atoms with van der Waals surface area (Å²) in [6.07, 6.45) is -0.725. The summed E-state index contributed by atoms with van der Waals surface area (Å²) < 4.78 is 5.10. The van der Waals surface area contributed by atoms with E-state index in [0.717, 1.165) is 0 Å². The lowest BCUT2D eigenvalue weighted by Crippen LogP contribution is -2.28. The number of phenols is 1. The number of ether oxygens (including phenoxy) is 1. The summed E-state index contributed by atoms with van der Waals surface area (Å²) in [5, 5.41) is 15.0. The van der Waals surface area contributed by atoms with E-state index < -0.39 is 11.7 Å². The Bertz CT molecular complexity index is 506. The van der Waals surface area contributed by atoms with Gasteiger partial charge in [0.15, 0.2) is 5.78 Å². The van der Waals surface area contributed by atoms with Crippen LogP contribution in [0.15, 0.2) is 18.2 Å². The lowest BCUT2D eigenvalue weighted by Gasteiger charge is -2.20. The fourth-order valence-electron chi connectivity index (χ4n) is 1.57. The number of hydrogen-bond acceptors (Lipinski definition) is 5. The third kappa shape index (κ3) is 4.55. The molecule has 3 N–H and O–H groups in total. The van der Waals surface area contributed by atoms with Crippen LogP contribution in [0, 0.1) is 0 Å². The number of ketones is 1. The Labute approximate surface area is 118 Å². The van der Waals surface area contributed by atoms with Crippen molar-refractivity contribution in [3.8, 4) is 5.75 Å². The topological polar surface area (TPSA) is 87.7 Å². The first-order valence-corrected chi connectivity index (χ1v) is 6.24. The summed E-state index contributed by atoms with van der Waals surface area (Å²) in [6, 6.07) is 4.47. The number of para-hydroxylation sites is 1. The Morgan fingerprint density at radius 2 is 1.95 bits per heavy atom. The minimum atomic E-state index is -0.725. The van der Waals surface area contributed by atoms with Gasteiger partial charge in [-0.15, -0.1) is 0 Å². The number of carbonyl (C=O) groups excluding carboxylic acids is 2.